The third-order valence-corrected chi connectivity index (χ3v) is 3.57. The van der Waals surface area contributed by atoms with Gasteiger partial charge in [-0.05, 0) is 43.7 Å². The molecule has 0 aliphatic rings. The number of aromatic hydroxyl groups is 1. The molecule has 1 atom stereocenters. The van der Waals surface area contributed by atoms with Crippen LogP contribution in [0.4, 0.5) is 0 Å². The second-order valence-electron chi connectivity index (χ2n) is 4.71. The summed E-state index contributed by atoms with van der Waals surface area (Å²) in [6.07, 6.45) is 0. The number of halogens is 1. The summed E-state index contributed by atoms with van der Waals surface area (Å²) in [7, 11) is 0. The quantitative estimate of drug-likeness (QED) is 0.877. The highest BCUT2D eigenvalue weighted by molar-refractivity contribution is 6.29. The second kappa shape index (κ2) is 6.59. The molecule has 0 saturated carbocycles. The van der Waals surface area contributed by atoms with Gasteiger partial charge in [0.25, 0.3) is 5.91 Å². The van der Waals surface area contributed by atoms with Crippen molar-refractivity contribution in [2.75, 3.05) is 6.54 Å². The number of pyridine rings is 1. The molecule has 0 aliphatic heterocycles. The molecule has 2 aromatic rings. The third-order valence-electron chi connectivity index (χ3n) is 3.36. The molecule has 1 aromatic carbocycles. The van der Waals surface area contributed by atoms with Crippen LogP contribution in [-0.2, 0) is 0 Å². The molecule has 1 aromatic heterocycles. The van der Waals surface area contributed by atoms with Gasteiger partial charge in [-0.25, -0.2) is 4.98 Å². The van der Waals surface area contributed by atoms with Gasteiger partial charge in [0.05, 0.1) is 6.04 Å². The first kappa shape index (κ1) is 15.3. The van der Waals surface area contributed by atoms with E-state index in [1.807, 2.05) is 19.9 Å². The monoisotopic (exact) mass is 304 g/mol. The summed E-state index contributed by atoms with van der Waals surface area (Å²) >= 11 is 5.84. The smallest absolute Gasteiger partial charge is 0.273 e. The van der Waals surface area contributed by atoms with Crippen LogP contribution in [-0.4, -0.2) is 27.4 Å². The molecular formula is C16H17ClN2O2. The number of nitrogens with zero attached hydrogens (tertiary/aromatic N) is 2. The lowest BCUT2D eigenvalue weighted by Crippen LogP contribution is -2.34. The lowest BCUT2D eigenvalue weighted by molar-refractivity contribution is 0.0696. The molecule has 2 rings (SSSR count). The molecule has 0 spiro atoms. The van der Waals surface area contributed by atoms with E-state index in [1.54, 1.807) is 41.3 Å². The van der Waals surface area contributed by atoms with E-state index in [-0.39, 0.29) is 17.7 Å². The minimum Gasteiger partial charge on any atom is -0.508 e. The van der Waals surface area contributed by atoms with Crippen molar-refractivity contribution in [1.29, 1.82) is 0 Å². The number of aromatic nitrogens is 1. The molecule has 4 nitrogen and oxygen atoms in total. The first-order valence-corrected chi connectivity index (χ1v) is 7.13. The van der Waals surface area contributed by atoms with Crippen molar-refractivity contribution in [3.05, 3.63) is 58.9 Å². The summed E-state index contributed by atoms with van der Waals surface area (Å²) in [6.45, 7) is 4.35. The highest BCUT2D eigenvalue weighted by Crippen LogP contribution is 2.24. The van der Waals surface area contributed by atoms with Crippen molar-refractivity contribution in [2.45, 2.75) is 19.9 Å². The van der Waals surface area contributed by atoms with Gasteiger partial charge in [-0.2, -0.15) is 0 Å². The Morgan fingerprint density at radius 3 is 2.67 bits per heavy atom. The maximum absolute atomic E-state index is 12.6. The highest BCUT2D eigenvalue weighted by Gasteiger charge is 2.22. The van der Waals surface area contributed by atoms with Crippen molar-refractivity contribution < 1.29 is 9.90 Å². The fraction of sp³-hybridized carbons (Fsp3) is 0.250. The van der Waals surface area contributed by atoms with Crippen LogP contribution in [0.15, 0.2) is 42.5 Å². The van der Waals surface area contributed by atoms with Crippen LogP contribution < -0.4 is 0 Å². The van der Waals surface area contributed by atoms with E-state index in [0.29, 0.717) is 17.4 Å². The largest absolute Gasteiger partial charge is 0.508 e. The molecule has 0 saturated heterocycles. The van der Waals surface area contributed by atoms with E-state index < -0.39 is 0 Å². The number of rotatable bonds is 4. The Labute approximate surface area is 129 Å². The maximum Gasteiger partial charge on any atom is 0.273 e. The summed E-state index contributed by atoms with van der Waals surface area (Å²) < 4.78 is 0. The number of hydrogen-bond donors (Lipinski definition) is 1. The molecule has 0 aliphatic carbocycles. The van der Waals surface area contributed by atoms with Gasteiger partial charge < -0.3 is 10.0 Å². The van der Waals surface area contributed by atoms with Crippen molar-refractivity contribution in [3.63, 3.8) is 0 Å². The summed E-state index contributed by atoms with van der Waals surface area (Å²) in [5, 5.41) is 9.87. The molecule has 1 N–H and O–H groups in total. The van der Waals surface area contributed by atoms with Gasteiger partial charge in [-0.3, -0.25) is 4.79 Å². The third kappa shape index (κ3) is 3.52. The Kier molecular flexibility index (Phi) is 4.81. The summed E-state index contributed by atoms with van der Waals surface area (Å²) in [5.41, 5.74) is 1.18. The van der Waals surface area contributed by atoms with E-state index in [1.165, 1.54) is 0 Å². The molecule has 1 heterocycles. The van der Waals surface area contributed by atoms with Gasteiger partial charge in [0.1, 0.15) is 16.6 Å². The second-order valence-corrected chi connectivity index (χ2v) is 5.09. The number of phenolic OH excluding ortho intramolecular Hbond substituents is 1. The van der Waals surface area contributed by atoms with Gasteiger partial charge in [0, 0.05) is 6.54 Å². The van der Waals surface area contributed by atoms with Gasteiger partial charge in [0.15, 0.2) is 0 Å². The highest BCUT2D eigenvalue weighted by atomic mass is 35.5. The minimum absolute atomic E-state index is 0.171. The van der Waals surface area contributed by atoms with Crippen LogP contribution in [0.5, 0.6) is 5.75 Å². The van der Waals surface area contributed by atoms with Crippen LogP contribution in [0.3, 0.4) is 0 Å². The average molecular weight is 305 g/mol. The zero-order valence-corrected chi connectivity index (χ0v) is 12.7. The van der Waals surface area contributed by atoms with Crippen LogP contribution in [0.2, 0.25) is 5.15 Å². The summed E-state index contributed by atoms with van der Waals surface area (Å²) in [4.78, 5) is 18.3. The normalized spacial score (nSPS) is 12.0. The number of benzene rings is 1. The molecule has 5 heteroatoms. The van der Waals surface area contributed by atoms with Crippen LogP contribution in [0.25, 0.3) is 0 Å². The molecule has 1 unspecified atom stereocenters. The Hall–Kier alpha value is -2.07. The Balaban J connectivity index is 2.28. The number of carbonyl (C=O) groups is 1. The van der Waals surface area contributed by atoms with Crippen molar-refractivity contribution in [3.8, 4) is 5.75 Å². The molecule has 0 fully saturated rings. The van der Waals surface area contributed by atoms with Crippen molar-refractivity contribution >= 4 is 17.5 Å². The molecule has 1 amide bonds. The number of phenols is 1. The topological polar surface area (TPSA) is 53.4 Å². The predicted octanol–water partition coefficient (Wildman–Crippen LogP) is 3.66. The van der Waals surface area contributed by atoms with E-state index in [0.717, 1.165) is 5.56 Å². The average Bonchev–Trinajstić information content (AvgIpc) is 2.47. The first-order valence-electron chi connectivity index (χ1n) is 6.75. The van der Waals surface area contributed by atoms with Gasteiger partial charge in [-0.1, -0.05) is 29.8 Å². The predicted molar refractivity (Wildman–Crippen MR) is 82.5 cm³/mol. The number of carbonyl (C=O) groups excluding carboxylic acids is 1. The van der Waals surface area contributed by atoms with Gasteiger partial charge in [0.2, 0.25) is 0 Å². The van der Waals surface area contributed by atoms with E-state index in [9.17, 15) is 9.90 Å². The fourth-order valence-electron chi connectivity index (χ4n) is 2.23. The van der Waals surface area contributed by atoms with E-state index >= 15 is 0 Å². The lowest BCUT2D eigenvalue weighted by atomic mass is 10.1. The molecule has 0 bridgehead atoms. The Morgan fingerprint density at radius 2 is 2.05 bits per heavy atom. The fourth-order valence-corrected chi connectivity index (χ4v) is 2.40. The van der Waals surface area contributed by atoms with E-state index in [2.05, 4.69) is 4.98 Å². The Morgan fingerprint density at radius 1 is 1.33 bits per heavy atom. The standard InChI is InChI=1S/C16H17ClN2O2/c1-3-19(11(2)12-6-4-7-13(20)10-12)16(21)14-8-5-9-15(17)18-14/h4-11,20H,3H2,1-2H3. The van der Waals surface area contributed by atoms with Gasteiger partial charge in [-0.15, -0.1) is 0 Å². The number of hydrogen-bond acceptors (Lipinski definition) is 3. The van der Waals surface area contributed by atoms with Crippen molar-refractivity contribution in [1.82, 2.24) is 9.88 Å². The Bertz CT molecular complexity index is 646. The minimum atomic E-state index is -0.184. The zero-order chi connectivity index (χ0) is 15.4. The molecule has 0 radical (unpaired) electrons. The van der Waals surface area contributed by atoms with E-state index in [4.69, 9.17) is 11.6 Å². The van der Waals surface area contributed by atoms with Gasteiger partial charge >= 0.3 is 0 Å². The zero-order valence-electron chi connectivity index (χ0n) is 12.0. The summed E-state index contributed by atoms with van der Waals surface area (Å²) in [6, 6.07) is 11.7. The van der Waals surface area contributed by atoms with Crippen LogP contribution in [0.1, 0.15) is 35.9 Å². The van der Waals surface area contributed by atoms with Crippen LogP contribution >= 0.6 is 11.6 Å². The first-order chi connectivity index (χ1) is 10.0. The SMILES string of the molecule is CCN(C(=O)c1cccc(Cl)n1)C(C)c1cccc(O)c1. The van der Waals surface area contributed by atoms with Crippen molar-refractivity contribution in [2.24, 2.45) is 0 Å². The summed E-state index contributed by atoms with van der Waals surface area (Å²) in [5.74, 6) is -0.000393. The lowest BCUT2D eigenvalue weighted by Gasteiger charge is -2.28. The number of amides is 1. The molecule has 21 heavy (non-hydrogen) atoms. The maximum atomic E-state index is 12.6. The van der Waals surface area contributed by atoms with Crippen LogP contribution in [0, 0.1) is 0 Å². The molecular weight excluding hydrogens is 288 g/mol. The molecule has 110 valence electrons.